The van der Waals surface area contributed by atoms with Gasteiger partial charge in [0, 0.05) is 51.5 Å². The van der Waals surface area contributed by atoms with Gasteiger partial charge >= 0.3 is 18.0 Å². The number of piperidine rings is 1. The Labute approximate surface area is 241 Å². The molecule has 1 atom stereocenters. The monoisotopic (exact) mass is 642 g/mol. The highest BCUT2D eigenvalue weighted by Gasteiger charge is 2.73. The average Bonchev–Trinajstić information content (AvgIpc) is 3.39. The number of rotatable bonds is 5. The van der Waals surface area contributed by atoms with Crippen LogP contribution in [0.15, 0.2) is 53.4 Å². The van der Waals surface area contributed by atoms with Crippen LogP contribution in [-0.2, 0) is 29.8 Å². The molecule has 2 aliphatic rings. The number of carbonyl (C=O) groups is 2. The summed E-state index contributed by atoms with van der Waals surface area (Å²) in [6.45, 7) is 0.411. The fourth-order valence-electron chi connectivity index (χ4n) is 5.60. The summed E-state index contributed by atoms with van der Waals surface area (Å²) >= 11 is 0. The molecular formula is C27H26F8N2O5S. The van der Waals surface area contributed by atoms with Gasteiger partial charge in [-0.3, -0.25) is 9.59 Å². The van der Waals surface area contributed by atoms with E-state index in [1.807, 2.05) is 0 Å². The number of hydrogen-bond acceptors (Lipinski definition) is 5. The second kappa shape index (κ2) is 10.7. The van der Waals surface area contributed by atoms with Gasteiger partial charge in [-0.25, -0.2) is 17.2 Å². The quantitative estimate of drug-likeness (QED) is 0.386. The van der Waals surface area contributed by atoms with Crippen molar-refractivity contribution >= 4 is 21.7 Å². The third-order valence-corrected chi connectivity index (χ3v) is 10.7. The molecular weight excluding hydrogens is 616 g/mol. The van der Waals surface area contributed by atoms with Crippen LogP contribution in [0.25, 0.3) is 0 Å². The van der Waals surface area contributed by atoms with Crippen LogP contribution in [0.1, 0.15) is 37.3 Å². The van der Waals surface area contributed by atoms with Crippen molar-refractivity contribution in [3.05, 3.63) is 65.5 Å². The maximum atomic E-state index is 14.7. The molecule has 0 bridgehead atoms. The molecule has 0 radical (unpaired) electrons. The van der Waals surface area contributed by atoms with E-state index >= 15 is 0 Å². The molecule has 2 saturated heterocycles. The van der Waals surface area contributed by atoms with Gasteiger partial charge in [-0.15, -0.1) is 0 Å². The first-order chi connectivity index (χ1) is 19.7. The maximum absolute atomic E-state index is 14.7. The van der Waals surface area contributed by atoms with E-state index in [2.05, 4.69) is 0 Å². The summed E-state index contributed by atoms with van der Waals surface area (Å²) in [5, 5.41) is 11.1. The van der Waals surface area contributed by atoms with Gasteiger partial charge in [-0.1, -0.05) is 24.3 Å². The van der Waals surface area contributed by atoms with Crippen LogP contribution in [0.2, 0.25) is 0 Å². The number of alkyl halides is 7. The highest BCUT2D eigenvalue weighted by molar-refractivity contribution is 7.92. The minimum absolute atomic E-state index is 0.0370. The first kappa shape index (κ1) is 32.6. The average molecular weight is 643 g/mol. The summed E-state index contributed by atoms with van der Waals surface area (Å²) in [7, 11) is -4.65. The fourth-order valence-corrected chi connectivity index (χ4v) is 7.67. The molecule has 0 saturated carbocycles. The second-order valence-corrected chi connectivity index (χ2v) is 13.0. The van der Waals surface area contributed by atoms with Crippen LogP contribution < -0.4 is 0 Å². The van der Waals surface area contributed by atoms with E-state index in [1.165, 1.54) is 11.8 Å². The maximum Gasteiger partial charge on any atom is 0.435 e. The lowest BCUT2D eigenvalue weighted by Gasteiger charge is -2.39. The SMILES string of the molecule is CC(=O)N1CCC(O)(C(=O)N2CC[C@](c3ccc(C(F)(C(F)(F)F)C(F)(F)F)cc3)(S(=O)(=O)c3ccc(F)cc3)C2)CC1. The van der Waals surface area contributed by atoms with E-state index in [0.717, 1.165) is 29.2 Å². The molecule has 2 aromatic carbocycles. The molecule has 2 aromatic rings. The van der Waals surface area contributed by atoms with Gasteiger partial charge < -0.3 is 14.9 Å². The second-order valence-electron chi connectivity index (χ2n) is 10.7. The lowest BCUT2D eigenvalue weighted by molar-refractivity contribution is -0.348. The molecule has 43 heavy (non-hydrogen) atoms. The number of nitrogens with zero attached hydrogens (tertiary/aromatic N) is 2. The summed E-state index contributed by atoms with van der Waals surface area (Å²) in [5.41, 5.74) is -9.90. The molecule has 7 nitrogen and oxygen atoms in total. The molecule has 4 rings (SSSR count). The summed E-state index contributed by atoms with van der Waals surface area (Å²) in [5.74, 6) is -1.95. The number of amides is 2. The first-order valence-corrected chi connectivity index (χ1v) is 14.4. The van der Waals surface area contributed by atoms with E-state index < -0.39 is 73.4 Å². The fraction of sp³-hybridized carbons (Fsp3) is 0.481. The molecule has 0 spiro atoms. The van der Waals surface area contributed by atoms with Crippen LogP contribution >= 0.6 is 0 Å². The summed E-state index contributed by atoms with van der Waals surface area (Å²) < 4.78 is 134. The Morgan fingerprint density at radius 3 is 1.74 bits per heavy atom. The Balaban J connectivity index is 1.77. The van der Waals surface area contributed by atoms with Crippen molar-refractivity contribution in [1.82, 2.24) is 9.80 Å². The number of halogens is 8. The van der Waals surface area contributed by atoms with Crippen molar-refractivity contribution < 1.29 is 58.2 Å². The number of sulfone groups is 1. The van der Waals surface area contributed by atoms with E-state index in [9.17, 15) is 58.2 Å². The van der Waals surface area contributed by atoms with E-state index in [4.69, 9.17) is 0 Å². The predicted molar refractivity (Wildman–Crippen MR) is 134 cm³/mol. The smallest absolute Gasteiger partial charge is 0.380 e. The highest BCUT2D eigenvalue weighted by atomic mass is 32.2. The molecule has 0 unspecified atom stereocenters. The van der Waals surface area contributed by atoms with Crippen LogP contribution in [0.4, 0.5) is 35.1 Å². The molecule has 0 aromatic heterocycles. The molecule has 1 N–H and O–H groups in total. The van der Waals surface area contributed by atoms with Crippen molar-refractivity contribution in [2.75, 3.05) is 26.2 Å². The van der Waals surface area contributed by atoms with Crippen molar-refractivity contribution in [2.24, 2.45) is 0 Å². The van der Waals surface area contributed by atoms with Crippen LogP contribution in [0.5, 0.6) is 0 Å². The lowest BCUT2D eigenvalue weighted by atomic mass is 9.89. The summed E-state index contributed by atoms with van der Waals surface area (Å²) in [4.78, 5) is 27.1. The Hall–Kier alpha value is -3.27. The number of benzene rings is 2. The summed E-state index contributed by atoms with van der Waals surface area (Å²) in [6, 6.07) is 5.11. The molecule has 2 aliphatic heterocycles. The van der Waals surface area contributed by atoms with Crippen LogP contribution in [0, 0.1) is 5.82 Å². The van der Waals surface area contributed by atoms with Gasteiger partial charge in [0.05, 0.1) is 4.90 Å². The summed E-state index contributed by atoms with van der Waals surface area (Å²) in [6.07, 6.45) is -13.5. The zero-order chi connectivity index (χ0) is 32.2. The van der Waals surface area contributed by atoms with Crippen molar-refractivity contribution in [1.29, 1.82) is 0 Å². The predicted octanol–water partition coefficient (Wildman–Crippen LogP) is 4.39. The van der Waals surface area contributed by atoms with E-state index in [1.54, 1.807) is 0 Å². The normalized spacial score (nSPS) is 21.6. The number of aliphatic hydroxyl groups is 1. The van der Waals surface area contributed by atoms with Crippen LogP contribution in [0.3, 0.4) is 0 Å². The highest BCUT2D eigenvalue weighted by Crippen LogP contribution is 2.54. The minimum Gasteiger partial charge on any atom is -0.380 e. The number of likely N-dealkylation sites (tertiary alicyclic amines) is 2. The van der Waals surface area contributed by atoms with Crippen molar-refractivity contribution in [2.45, 2.75) is 59.5 Å². The van der Waals surface area contributed by atoms with Gasteiger partial charge in [0.25, 0.3) is 5.91 Å². The van der Waals surface area contributed by atoms with Gasteiger partial charge in [0.1, 0.15) is 16.2 Å². The minimum atomic E-state index is -6.39. The van der Waals surface area contributed by atoms with Crippen LogP contribution in [-0.4, -0.2) is 79.3 Å². The molecule has 2 amide bonds. The number of carbonyl (C=O) groups excluding carboxylic acids is 2. The third kappa shape index (κ3) is 5.36. The molecule has 236 valence electrons. The molecule has 2 heterocycles. The standard InChI is InChI=1S/C27H26F8N2O5S/c1-17(38)36-13-10-23(40,11-14-36)22(39)37-15-12-24(16-37,43(41,42)21-8-6-20(28)7-9-21)18-2-4-19(5-3-18)25(29,26(30,31)32)27(33,34)35/h2-9,40H,10-16H2,1H3/t24-/m0/s1. The molecule has 16 heteroatoms. The van der Waals surface area contributed by atoms with Crippen molar-refractivity contribution in [3.63, 3.8) is 0 Å². The Morgan fingerprint density at radius 2 is 1.28 bits per heavy atom. The Bertz CT molecular complexity index is 1470. The Kier molecular flexibility index (Phi) is 8.13. The van der Waals surface area contributed by atoms with Gasteiger partial charge in [-0.2, -0.15) is 26.3 Å². The molecule has 2 fully saturated rings. The third-order valence-electron chi connectivity index (χ3n) is 8.18. The zero-order valence-electron chi connectivity index (χ0n) is 22.5. The van der Waals surface area contributed by atoms with Gasteiger partial charge in [0.15, 0.2) is 9.84 Å². The Morgan fingerprint density at radius 1 is 0.791 bits per heavy atom. The lowest BCUT2D eigenvalue weighted by Crippen LogP contribution is -2.55. The van der Waals surface area contributed by atoms with E-state index in [-0.39, 0.29) is 56.1 Å². The first-order valence-electron chi connectivity index (χ1n) is 12.9. The van der Waals surface area contributed by atoms with Gasteiger partial charge in [0.2, 0.25) is 5.91 Å². The molecule has 0 aliphatic carbocycles. The van der Waals surface area contributed by atoms with E-state index in [0.29, 0.717) is 12.1 Å². The topological polar surface area (TPSA) is 95.0 Å². The number of hydrogen-bond donors (Lipinski definition) is 1. The largest absolute Gasteiger partial charge is 0.435 e. The van der Waals surface area contributed by atoms with Gasteiger partial charge in [-0.05, 0) is 36.2 Å². The van der Waals surface area contributed by atoms with Crippen molar-refractivity contribution in [3.8, 4) is 0 Å². The zero-order valence-corrected chi connectivity index (χ0v) is 23.3.